The molecule has 0 bridgehead atoms. The highest BCUT2D eigenvalue weighted by Gasteiger charge is 2.19. The van der Waals surface area contributed by atoms with Gasteiger partial charge in [0.25, 0.3) is 0 Å². The van der Waals surface area contributed by atoms with Crippen molar-refractivity contribution in [2.45, 2.75) is 45.1 Å². The molecule has 0 aromatic heterocycles. The zero-order valence-electron chi connectivity index (χ0n) is 12.1. The molecule has 20 heavy (non-hydrogen) atoms. The Bertz CT molecular complexity index is 476. The first-order chi connectivity index (χ1) is 9.60. The van der Waals surface area contributed by atoms with Gasteiger partial charge in [-0.25, -0.2) is 4.79 Å². The molecule has 2 rings (SSSR count). The van der Waals surface area contributed by atoms with Crippen molar-refractivity contribution in [3.05, 3.63) is 28.8 Å². The average Bonchev–Trinajstić information content (AvgIpc) is 2.63. The lowest BCUT2D eigenvalue weighted by molar-refractivity contribution is 0.0602. The van der Waals surface area contributed by atoms with E-state index in [9.17, 15) is 4.79 Å². The average molecular weight is 296 g/mol. The van der Waals surface area contributed by atoms with Crippen molar-refractivity contribution in [2.75, 3.05) is 12.4 Å². The fourth-order valence-corrected chi connectivity index (χ4v) is 2.95. The maximum Gasteiger partial charge on any atom is 0.339 e. The summed E-state index contributed by atoms with van der Waals surface area (Å²) >= 11 is 6.05. The van der Waals surface area contributed by atoms with Crippen LogP contribution in [0.5, 0.6) is 0 Å². The third-order valence-electron chi connectivity index (χ3n) is 4.00. The first kappa shape index (κ1) is 15.2. The number of carbonyl (C=O) groups is 1. The number of nitrogens with one attached hydrogen (secondary N) is 1. The fraction of sp³-hybridized carbons (Fsp3) is 0.562. The molecule has 0 saturated heterocycles. The quantitative estimate of drug-likeness (QED) is 0.659. The Morgan fingerprint density at radius 3 is 2.85 bits per heavy atom. The van der Waals surface area contributed by atoms with E-state index in [1.54, 1.807) is 12.1 Å². The molecule has 3 nitrogen and oxygen atoms in total. The standard InChI is InChI=1S/C16H22ClNO2/c1-11-4-3-5-13(8-6-11)18-15-10-12(17)7-9-14(15)16(19)20-2/h7,9-11,13,18H,3-6,8H2,1-2H3. The number of methoxy groups -OCH3 is 1. The Hall–Kier alpha value is -1.22. The molecular formula is C16H22ClNO2. The van der Waals surface area contributed by atoms with Crippen molar-refractivity contribution >= 4 is 23.3 Å². The molecule has 1 aromatic carbocycles. The highest BCUT2D eigenvalue weighted by atomic mass is 35.5. The van der Waals surface area contributed by atoms with Crippen molar-refractivity contribution in [3.8, 4) is 0 Å². The second kappa shape index (κ2) is 6.98. The molecule has 2 atom stereocenters. The predicted molar refractivity (Wildman–Crippen MR) is 82.5 cm³/mol. The number of anilines is 1. The van der Waals surface area contributed by atoms with Crippen LogP contribution < -0.4 is 5.32 Å². The Morgan fingerprint density at radius 1 is 1.30 bits per heavy atom. The number of benzene rings is 1. The molecule has 0 heterocycles. The van der Waals surface area contributed by atoms with Gasteiger partial charge in [0.15, 0.2) is 0 Å². The molecule has 0 radical (unpaired) electrons. The number of hydrogen-bond donors (Lipinski definition) is 1. The number of halogens is 1. The Kier molecular flexibility index (Phi) is 5.30. The minimum Gasteiger partial charge on any atom is -0.465 e. The van der Waals surface area contributed by atoms with Gasteiger partial charge in [0.2, 0.25) is 0 Å². The smallest absolute Gasteiger partial charge is 0.339 e. The van der Waals surface area contributed by atoms with Crippen LogP contribution in [0.1, 0.15) is 49.4 Å². The zero-order valence-corrected chi connectivity index (χ0v) is 12.9. The van der Waals surface area contributed by atoms with Gasteiger partial charge in [0.1, 0.15) is 0 Å². The summed E-state index contributed by atoms with van der Waals surface area (Å²) in [5.41, 5.74) is 1.33. The molecular weight excluding hydrogens is 274 g/mol. The molecule has 4 heteroatoms. The lowest BCUT2D eigenvalue weighted by Gasteiger charge is -2.20. The van der Waals surface area contributed by atoms with E-state index in [2.05, 4.69) is 12.2 Å². The number of carbonyl (C=O) groups excluding carboxylic acids is 1. The van der Waals surface area contributed by atoms with Crippen LogP contribution >= 0.6 is 11.6 Å². The summed E-state index contributed by atoms with van der Waals surface area (Å²) in [5.74, 6) is 0.465. The third kappa shape index (κ3) is 3.89. The molecule has 110 valence electrons. The summed E-state index contributed by atoms with van der Waals surface area (Å²) in [6, 6.07) is 5.65. The summed E-state index contributed by atoms with van der Waals surface area (Å²) in [5, 5.41) is 4.11. The molecule has 1 aromatic rings. The number of ether oxygens (including phenoxy) is 1. The zero-order chi connectivity index (χ0) is 14.5. The first-order valence-electron chi connectivity index (χ1n) is 7.24. The van der Waals surface area contributed by atoms with Gasteiger partial charge in [-0.2, -0.15) is 0 Å². The van der Waals surface area contributed by atoms with E-state index in [1.807, 2.05) is 6.07 Å². The topological polar surface area (TPSA) is 38.3 Å². The predicted octanol–water partition coefficient (Wildman–Crippen LogP) is 4.51. The number of hydrogen-bond acceptors (Lipinski definition) is 3. The van der Waals surface area contributed by atoms with Crippen molar-refractivity contribution in [2.24, 2.45) is 5.92 Å². The number of rotatable bonds is 3. The molecule has 1 aliphatic rings. The largest absolute Gasteiger partial charge is 0.465 e. The second-order valence-electron chi connectivity index (χ2n) is 5.64. The van der Waals surface area contributed by atoms with Crippen molar-refractivity contribution in [1.29, 1.82) is 0 Å². The molecule has 1 aliphatic carbocycles. The van der Waals surface area contributed by atoms with E-state index in [-0.39, 0.29) is 5.97 Å². The van der Waals surface area contributed by atoms with E-state index < -0.39 is 0 Å². The van der Waals surface area contributed by atoms with Crippen LogP contribution in [-0.2, 0) is 4.74 Å². The fourth-order valence-electron chi connectivity index (χ4n) is 2.78. The monoisotopic (exact) mass is 295 g/mol. The molecule has 0 aliphatic heterocycles. The van der Waals surface area contributed by atoms with Crippen LogP contribution in [0.4, 0.5) is 5.69 Å². The SMILES string of the molecule is COC(=O)c1ccc(Cl)cc1NC1CCCC(C)CC1. The van der Waals surface area contributed by atoms with E-state index in [0.717, 1.165) is 24.4 Å². The third-order valence-corrected chi connectivity index (χ3v) is 4.24. The number of esters is 1. The molecule has 2 unspecified atom stereocenters. The molecule has 0 spiro atoms. The maximum absolute atomic E-state index is 11.8. The lowest BCUT2D eigenvalue weighted by atomic mass is 10.0. The van der Waals surface area contributed by atoms with Gasteiger partial charge in [0.05, 0.1) is 18.4 Å². The highest BCUT2D eigenvalue weighted by Crippen LogP contribution is 2.28. The van der Waals surface area contributed by atoms with Gasteiger partial charge in [-0.3, -0.25) is 0 Å². The molecule has 1 saturated carbocycles. The summed E-state index contributed by atoms with van der Waals surface area (Å²) in [4.78, 5) is 11.8. The Morgan fingerprint density at radius 2 is 2.10 bits per heavy atom. The van der Waals surface area contributed by atoms with Gasteiger partial charge in [-0.15, -0.1) is 0 Å². The van der Waals surface area contributed by atoms with Crippen LogP contribution in [0.15, 0.2) is 18.2 Å². The second-order valence-corrected chi connectivity index (χ2v) is 6.07. The summed E-state index contributed by atoms with van der Waals surface area (Å²) < 4.78 is 4.83. The van der Waals surface area contributed by atoms with Gasteiger partial charge in [-0.05, 0) is 43.4 Å². The van der Waals surface area contributed by atoms with E-state index in [1.165, 1.54) is 26.4 Å². The maximum atomic E-state index is 11.8. The van der Waals surface area contributed by atoms with Crippen LogP contribution in [0.3, 0.4) is 0 Å². The van der Waals surface area contributed by atoms with Crippen molar-refractivity contribution in [3.63, 3.8) is 0 Å². The summed E-state index contributed by atoms with van der Waals surface area (Å²) in [6.45, 7) is 2.31. The molecule has 0 amide bonds. The van der Waals surface area contributed by atoms with E-state index in [0.29, 0.717) is 16.6 Å². The van der Waals surface area contributed by atoms with Crippen molar-refractivity contribution < 1.29 is 9.53 Å². The highest BCUT2D eigenvalue weighted by molar-refractivity contribution is 6.31. The van der Waals surface area contributed by atoms with Gasteiger partial charge < -0.3 is 10.1 Å². The van der Waals surface area contributed by atoms with Crippen LogP contribution in [0, 0.1) is 5.92 Å². The normalized spacial score (nSPS) is 22.9. The van der Waals surface area contributed by atoms with Gasteiger partial charge in [0, 0.05) is 11.1 Å². The van der Waals surface area contributed by atoms with Crippen molar-refractivity contribution in [1.82, 2.24) is 0 Å². The Labute approximate surface area is 125 Å². The van der Waals surface area contributed by atoms with E-state index in [4.69, 9.17) is 16.3 Å². The summed E-state index contributed by atoms with van der Waals surface area (Å²) in [6.07, 6.45) is 6.02. The first-order valence-corrected chi connectivity index (χ1v) is 7.62. The van der Waals surface area contributed by atoms with Gasteiger partial charge >= 0.3 is 5.97 Å². The van der Waals surface area contributed by atoms with Crippen LogP contribution in [0.2, 0.25) is 5.02 Å². The van der Waals surface area contributed by atoms with E-state index >= 15 is 0 Å². The molecule has 1 fully saturated rings. The minimum atomic E-state index is -0.328. The Balaban J connectivity index is 2.15. The lowest BCUT2D eigenvalue weighted by Crippen LogP contribution is -2.20. The summed E-state index contributed by atoms with van der Waals surface area (Å²) in [7, 11) is 1.40. The van der Waals surface area contributed by atoms with Gasteiger partial charge in [-0.1, -0.05) is 31.4 Å². The van der Waals surface area contributed by atoms with Crippen LogP contribution in [0.25, 0.3) is 0 Å². The van der Waals surface area contributed by atoms with Crippen LogP contribution in [-0.4, -0.2) is 19.1 Å². The minimum absolute atomic E-state index is 0.328. The molecule has 1 N–H and O–H groups in total.